The summed E-state index contributed by atoms with van der Waals surface area (Å²) in [5, 5.41) is 0. The van der Waals surface area contributed by atoms with Gasteiger partial charge in [-0.1, -0.05) is 0 Å². The van der Waals surface area contributed by atoms with Crippen LogP contribution in [0.4, 0.5) is 0 Å². The molecule has 0 aromatic heterocycles. The molecule has 0 aliphatic carbocycles. The van der Waals surface area contributed by atoms with Gasteiger partial charge in [-0.25, -0.2) is 0 Å². The van der Waals surface area contributed by atoms with Crippen LogP contribution in [0.15, 0.2) is 18.2 Å². The maximum absolute atomic E-state index is 5.72. The Kier molecular flexibility index (Phi) is 4.19. The van der Waals surface area contributed by atoms with E-state index in [9.17, 15) is 0 Å². The number of hydrogen-bond donors (Lipinski definition) is 0. The van der Waals surface area contributed by atoms with Gasteiger partial charge >= 0.3 is 0 Å². The van der Waals surface area contributed by atoms with Gasteiger partial charge < -0.3 is 14.2 Å². The summed E-state index contributed by atoms with van der Waals surface area (Å²) in [6, 6.07) is 5.70. The molecule has 0 fully saturated rings. The van der Waals surface area contributed by atoms with E-state index in [0.717, 1.165) is 17.1 Å². The van der Waals surface area contributed by atoms with Crippen LogP contribution in [-0.4, -0.2) is 19.8 Å². The zero-order chi connectivity index (χ0) is 12.2. The first kappa shape index (κ1) is 12.8. The fourth-order valence-corrected chi connectivity index (χ4v) is 1.29. The van der Waals surface area contributed by atoms with Crippen LogP contribution >= 0.6 is 0 Å². The number of rotatable bonds is 4. The lowest BCUT2D eigenvalue weighted by molar-refractivity contribution is -0.0157. The zero-order valence-electron chi connectivity index (χ0n) is 10.7. The maximum atomic E-state index is 5.72. The highest BCUT2D eigenvalue weighted by atomic mass is 16.5. The first-order valence-corrected chi connectivity index (χ1v) is 5.31. The summed E-state index contributed by atoms with van der Waals surface area (Å²) >= 11 is 0. The van der Waals surface area contributed by atoms with Gasteiger partial charge in [-0.15, -0.1) is 0 Å². The fourth-order valence-electron chi connectivity index (χ4n) is 1.29. The van der Waals surface area contributed by atoms with E-state index >= 15 is 0 Å². The first-order chi connectivity index (χ1) is 7.46. The molecule has 0 radical (unpaired) electrons. The Morgan fingerprint density at radius 1 is 1.06 bits per heavy atom. The largest absolute Gasteiger partial charge is 0.497 e. The van der Waals surface area contributed by atoms with Crippen molar-refractivity contribution in [2.45, 2.75) is 33.0 Å². The van der Waals surface area contributed by atoms with E-state index in [1.165, 1.54) is 0 Å². The van der Waals surface area contributed by atoms with E-state index in [4.69, 9.17) is 14.2 Å². The third-order valence-corrected chi connectivity index (χ3v) is 2.15. The SMILES string of the molecule is COc1ccc(OC)c(COC(C)(C)C)c1. The molecule has 0 saturated heterocycles. The molecule has 0 atom stereocenters. The molecule has 0 amide bonds. The number of methoxy groups -OCH3 is 2. The normalized spacial score (nSPS) is 11.3. The fraction of sp³-hybridized carbons (Fsp3) is 0.538. The first-order valence-electron chi connectivity index (χ1n) is 5.31. The van der Waals surface area contributed by atoms with E-state index in [1.54, 1.807) is 14.2 Å². The summed E-state index contributed by atoms with van der Waals surface area (Å²) in [5.74, 6) is 1.64. The van der Waals surface area contributed by atoms with Gasteiger partial charge in [0.05, 0.1) is 26.4 Å². The molecule has 16 heavy (non-hydrogen) atoms. The predicted octanol–water partition coefficient (Wildman–Crippen LogP) is 3.02. The molecular formula is C13H20O3. The van der Waals surface area contributed by atoms with Crippen molar-refractivity contribution in [2.75, 3.05) is 14.2 Å². The van der Waals surface area contributed by atoms with Crippen LogP contribution in [0.3, 0.4) is 0 Å². The zero-order valence-corrected chi connectivity index (χ0v) is 10.7. The van der Waals surface area contributed by atoms with Gasteiger partial charge in [0.2, 0.25) is 0 Å². The molecule has 0 N–H and O–H groups in total. The number of benzene rings is 1. The van der Waals surface area contributed by atoms with E-state index < -0.39 is 0 Å². The Morgan fingerprint density at radius 2 is 1.75 bits per heavy atom. The predicted molar refractivity (Wildman–Crippen MR) is 64.1 cm³/mol. The standard InChI is InChI=1S/C13H20O3/c1-13(2,3)16-9-10-8-11(14-4)6-7-12(10)15-5/h6-8H,9H2,1-5H3. The Bertz CT molecular complexity index is 340. The molecule has 0 unspecified atom stereocenters. The Hall–Kier alpha value is -1.22. The molecular weight excluding hydrogens is 204 g/mol. The van der Waals surface area contributed by atoms with Gasteiger partial charge in [-0.05, 0) is 39.0 Å². The van der Waals surface area contributed by atoms with Gasteiger partial charge in [0.15, 0.2) is 0 Å². The summed E-state index contributed by atoms with van der Waals surface area (Å²) in [5.41, 5.74) is 0.838. The van der Waals surface area contributed by atoms with Crippen molar-refractivity contribution in [3.8, 4) is 11.5 Å². The molecule has 0 aliphatic rings. The van der Waals surface area contributed by atoms with Crippen LogP contribution in [0.5, 0.6) is 11.5 Å². The van der Waals surface area contributed by atoms with Gasteiger partial charge in [0, 0.05) is 5.56 Å². The molecule has 1 aromatic rings. The van der Waals surface area contributed by atoms with Gasteiger partial charge in [0.1, 0.15) is 11.5 Å². The second kappa shape index (κ2) is 5.21. The minimum Gasteiger partial charge on any atom is -0.497 e. The van der Waals surface area contributed by atoms with Crippen molar-refractivity contribution in [3.63, 3.8) is 0 Å². The van der Waals surface area contributed by atoms with Crippen molar-refractivity contribution in [3.05, 3.63) is 23.8 Å². The van der Waals surface area contributed by atoms with E-state index in [0.29, 0.717) is 6.61 Å². The lowest BCUT2D eigenvalue weighted by Crippen LogP contribution is -2.18. The molecule has 0 aliphatic heterocycles. The van der Waals surface area contributed by atoms with Crippen molar-refractivity contribution in [2.24, 2.45) is 0 Å². The van der Waals surface area contributed by atoms with Crippen LogP contribution in [0.2, 0.25) is 0 Å². The molecule has 0 spiro atoms. The summed E-state index contributed by atoms with van der Waals surface area (Å²) < 4.78 is 16.2. The van der Waals surface area contributed by atoms with E-state index in [-0.39, 0.29) is 5.60 Å². The number of hydrogen-bond acceptors (Lipinski definition) is 3. The summed E-state index contributed by atoms with van der Waals surface area (Å²) in [4.78, 5) is 0. The molecule has 3 nitrogen and oxygen atoms in total. The second-order valence-electron chi connectivity index (χ2n) is 4.58. The summed E-state index contributed by atoms with van der Waals surface area (Å²) in [6.45, 7) is 6.60. The lowest BCUT2D eigenvalue weighted by atomic mass is 10.1. The molecule has 1 aromatic carbocycles. The number of ether oxygens (including phenoxy) is 3. The minimum absolute atomic E-state index is 0.159. The minimum atomic E-state index is -0.159. The Balaban J connectivity index is 2.83. The van der Waals surface area contributed by atoms with E-state index in [2.05, 4.69) is 0 Å². The van der Waals surface area contributed by atoms with Crippen LogP contribution in [-0.2, 0) is 11.3 Å². The van der Waals surface area contributed by atoms with Crippen LogP contribution in [0, 0.1) is 0 Å². The third-order valence-electron chi connectivity index (χ3n) is 2.15. The highest BCUT2D eigenvalue weighted by Gasteiger charge is 2.12. The summed E-state index contributed by atoms with van der Waals surface area (Å²) in [7, 11) is 3.30. The average Bonchev–Trinajstić information content (AvgIpc) is 2.25. The van der Waals surface area contributed by atoms with Crippen molar-refractivity contribution in [1.29, 1.82) is 0 Å². The smallest absolute Gasteiger partial charge is 0.124 e. The topological polar surface area (TPSA) is 27.7 Å². The molecule has 90 valence electrons. The quantitative estimate of drug-likeness (QED) is 0.786. The second-order valence-corrected chi connectivity index (χ2v) is 4.58. The molecule has 0 saturated carbocycles. The Labute approximate surface area is 97.3 Å². The van der Waals surface area contributed by atoms with Gasteiger partial charge in [-0.3, -0.25) is 0 Å². The van der Waals surface area contributed by atoms with Crippen molar-refractivity contribution in [1.82, 2.24) is 0 Å². The molecule has 0 heterocycles. The maximum Gasteiger partial charge on any atom is 0.124 e. The Morgan fingerprint density at radius 3 is 2.25 bits per heavy atom. The van der Waals surface area contributed by atoms with Crippen molar-refractivity contribution >= 4 is 0 Å². The molecule has 0 bridgehead atoms. The monoisotopic (exact) mass is 224 g/mol. The highest BCUT2D eigenvalue weighted by Crippen LogP contribution is 2.25. The van der Waals surface area contributed by atoms with Crippen LogP contribution in [0.1, 0.15) is 26.3 Å². The van der Waals surface area contributed by atoms with Gasteiger partial charge in [0.25, 0.3) is 0 Å². The van der Waals surface area contributed by atoms with Crippen molar-refractivity contribution < 1.29 is 14.2 Å². The van der Waals surface area contributed by atoms with Crippen LogP contribution in [0.25, 0.3) is 0 Å². The molecule has 1 rings (SSSR count). The van der Waals surface area contributed by atoms with Gasteiger partial charge in [-0.2, -0.15) is 0 Å². The average molecular weight is 224 g/mol. The summed E-state index contributed by atoms with van der Waals surface area (Å²) in [6.07, 6.45) is 0. The van der Waals surface area contributed by atoms with Crippen LogP contribution < -0.4 is 9.47 Å². The third kappa shape index (κ3) is 3.74. The lowest BCUT2D eigenvalue weighted by Gasteiger charge is -2.20. The highest BCUT2D eigenvalue weighted by molar-refractivity contribution is 5.39. The molecule has 3 heteroatoms. The van der Waals surface area contributed by atoms with E-state index in [1.807, 2.05) is 39.0 Å².